The Morgan fingerprint density at radius 3 is 1.55 bits per heavy atom. The molecule has 198 valence electrons. The second-order valence-corrected chi connectivity index (χ2v) is 10.7. The molecule has 42 heavy (non-hydrogen) atoms. The summed E-state index contributed by atoms with van der Waals surface area (Å²) in [5.74, 6) is 0. The first-order valence-corrected chi connectivity index (χ1v) is 14.3. The molecule has 0 atom stereocenters. The quantitative estimate of drug-likeness (QED) is 0.236. The average molecular weight is 538 g/mol. The van der Waals surface area contributed by atoms with Crippen LogP contribution in [-0.2, 0) is 0 Å². The summed E-state index contributed by atoms with van der Waals surface area (Å²) >= 11 is 0. The first-order chi connectivity index (χ1) is 20.8. The summed E-state index contributed by atoms with van der Waals surface area (Å²) < 4.78 is 6.54. The Balaban J connectivity index is 1.03. The third-order valence-corrected chi connectivity index (χ3v) is 8.08. The molecule has 0 saturated carbocycles. The maximum Gasteiger partial charge on any atom is 0.143 e. The van der Waals surface area contributed by atoms with Crippen molar-refractivity contribution >= 4 is 44.1 Å². The topological polar surface area (TPSA) is 25.2 Å². The number of para-hydroxylation sites is 1. The molecule has 2 heteroatoms. The Morgan fingerprint density at radius 1 is 0.333 bits per heavy atom. The number of rotatable bonds is 5. The Hall–Kier alpha value is -5.60. The van der Waals surface area contributed by atoms with Gasteiger partial charge in [-0.3, -0.25) is 0 Å². The Labute approximate surface area is 244 Å². The minimum absolute atomic E-state index is 0.928. The molecule has 1 aromatic heterocycles. The predicted octanol–water partition coefficient (Wildman–Crippen LogP) is 11.5. The van der Waals surface area contributed by atoms with Crippen LogP contribution in [0.4, 0.5) is 11.4 Å². The SMILES string of the molecule is c1ccc(-c2ccc(-c3ccc(Nc4ccc(-c5cccc6c5oc5c7ccccc7ccc65)cc4)cc3)cc2)cc1. The van der Waals surface area contributed by atoms with Crippen molar-refractivity contribution in [2.24, 2.45) is 0 Å². The van der Waals surface area contributed by atoms with E-state index in [2.05, 4.69) is 157 Å². The number of hydrogen-bond acceptors (Lipinski definition) is 2. The largest absolute Gasteiger partial charge is 0.455 e. The number of nitrogens with one attached hydrogen (secondary N) is 1. The van der Waals surface area contributed by atoms with E-state index in [0.29, 0.717) is 0 Å². The highest BCUT2D eigenvalue weighted by molar-refractivity contribution is 6.17. The summed E-state index contributed by atoms with van der Waals surface area (Å²) in [5, 5.41) is 8.18. The van der Waals surface area contributed by atoms with E-state index < -0.39 is 0 Å². The van der Waals surface area contributed by atoms with E-state index in [1.54, 1.807) is 0 Å². The van der Waals surface area contributed by atoms with Gasteiger partial charge in [0.2, 0.25) is 0 Å². The Bertz CT molecular complexity index is 2170. The zero-order valence-corrected chi connectivity index (χ0v) is 22.9. The normalized spacial score (nSPS) is 11.3. The highest BCUT2D eigenvalue weighted by Crippen LogP contribution is 2.39. The summed E-state index contributed by atoms with van der Waals surface area (Å²) in [4.78, 5) is 0. The van der Waals surface area contributed by atoms with Gasteiger partial charge in [0.05, 0.1) is 0 Å². The molecule has 0 spiro atoms. The van der Waals surface area contributed by atoms with Gasteiger partial charge >= 0.3 is 0 Å². The molecule has 0 unspecified atom stereocenters. The summed E-state index contributed by atoms with van der Waals surface area (Å²) in [7, 11) is 0. The number of hydrogen-bond donors (Lipinski definition) is 1. The van der Waals surface area contributed by atoms with Crippen molar-refractivity contribution < 1.29 is 4.42 Å². The van der Waals surface area contributed by atoms with Crippen molar-refractivity contribution in [3.63, 3.8) is 0 Å². The van der Waals surface area contributed by atoms with Gasteiger partial charge in [0.1, 0.15) is 11.2 Å². The van der Waals surface area contributed by atoms with Crippen LogP contribution in [-0.4, -0.2) is 0 Å². The Kier molecular flexibility index (Phi) is 5.82. The second-order valence-electron chi connectivity index (χ2n) is 10.7. The van der Waals surface area contributed by atoms with E-state index >= 15 is 0 Å². The first-order valence-electron chi connectivity index (χ1n) is 14.3. The molecule has 0 amide bonds. The molecular formula is C40H27NO. The molecule has 0 radical (unpaired) electrons. The highest BCUT2D eigenvalue weighted by Gasteiger charge is 2.14. The fourth-order valence-electron chi connectivity index (χ4n) is 5.89. The first kappa shape index (κ1) is 24.2. The van der Waals surface area contributed by atoms with Crippen LogP contribution in [0.5, 0.6) is 0 Å². The summed E-state index contributed by atoms with van der Waals surface area (Å²) in [6.07, 6.45) is 0. The van der Waals surface area contributed by atoms with Gasteiger partial charge in [-0.2, -0.15) is 0 Å². The van der Waals surface area contributed by atoms with Gasteiger partial charge in [0.25, 0.3) is 0 Å². The number of fused-ring (bicyclic) bond motifs is 5. The van der Waals surface area contributed by atoms with E-state index in [1.165, 1.54) is 27.6 Å². The molecule has 2 nitrogen and oxygen atoms in total. The smallest absolute Gasteiger partial charge is 0.143 e. The molecule has 1 heterocycles. The van der Waals surface area contributed by atoms with Crippen molar-refractivity contribution in [2.45, 2.75) is 0 Å². The van der Waals surface area contributed by atoms with Crippen molar-refractivity contribution in [1.29, 1.82) is 0 Å². The zero-order valence-electron chi connectivity index (χ0n) is 22.9. The molecule has 0 aliphatic heterocycles. The van der Waals surface area contributed by atoms with E-state index in [-0.39, 0.29) is 0 Å². The molecular weight excluding hydrogens is 510 g/mol. The van der Waals surface area contributed by atoms with E-state index in [0.717, 1.165) is 49.8 Å². The van der Waals surface area contributed by atoms with Crippen LogP contribution in [0.3, 0.4) is 0 Å². The molecule has 0 saturated heterocycles. The van der Waals surface area contributed by atoms with Gasteiger partial charge in [0.15, 0.2) is 0 Å². The summed E-state index contributed by atoms with van der Waals surface area (Å²) in [6.45, 7) is 0. The number of furan rings is 1. The zero-order chi connectivity index (χ0) is 27.9. The highest BCUT2D eigenvalue weighted by atomic mass is 16.3. The Morgan fingerprint density at radius 2 is 0.857 bits per heavy atom. The van der Waals surface area contributed by atoms with Crippen LogP contribution in [0, 0.1) is 0 Å². The van der Waals surface area contributed by atoms with Crippen molar-refractivity contribution in [2.75, 3.05) is 5.32 Å². The summed E-state index contributed by atoms with van der Waals surface area (Å²) in [5.41, 5.74) is 11.1. The van der Waals surface area contributed by atoms with Crippen LogP contribution in [0.1, 0.15) is 0 Å². The van der Waals surface area contributed by atoms with E-state index in [9.17, 15) is 0 Å². The van der Waals surface area contributed by atoms with Gasteiger partial charge < -0.3 is 9.73 Å². The molecule has 0 fully saturated rings. The lowest BCUT2D eigenvalue weighted by molar-refractivity contribution is 0.674. The number of benzene rings is 7. The third-order valence-electron chi connectivity index (χ3n) is 8.08. The van der Waals surface area contributed by atoms with Crippen molar-refractivity contribution in [1.82, 2.24) is 0 Å². The van der Waals surface area contributed by atoms with Gasteiger partial charge in [-0.05, 0) is 63.5 Å². The van der Waals surface area contributed by atoms with Crippen molar-refractivity contribution in [3.05, 3.63) is 158 Å². The molecule has 0 bridgehead atoms. The van der Waals surface area contributed by atoms with Crippen molar-refractivity contribution in [3.8, 4) is 33.4 Å². The van der Waals surface area contributed by atoms with Crippen LogP contribution in [0.2, 0.25) is 0 Å². The summed E-state index contributed by atoms with van der Waals surface area (Å²) in [6, 6.07) is 55.6. The lowest BCUT2D eigenvalue weighted by Gasteiger charge is -2.10. The maximum atomic E-state index is 6.54. The van der Waals surface area contributed by atoms with Crippen LogP contribution in [0.15, 0.2) is 162 Å². The molecule has 0 aliphatic carbocycles. The van der Waals surface area contributed by atoms with Crippen LogP contribution >= 0.6 is 0 Å². The lowest BCUT2D eigenvalue weighted by Crippen LogP contribution is -1.90. The fraction of sp³-hybridized carbons (Fsp3) is 0. The van der Waals surface area contributed by atoms with Gasteiger partial charge in [-0.25, -0.2) is 0 Å². The van der Waals surface area contributed by atoms with Gasteiger partial charge in [-0.15, -0.1) is 0 Å². The van der Waals surface area contributed by atoms with E-state index in [4.69, 9.17) is 4.42 Å². The van der Waals surface area contributed by atoms with Gasteiger partial charge in [0, 0.05) is 33.1 Å². The standard InChI is InChI=1S/C40H27NO/c1-2-7-27(8-3-1)28-13-15-29(16-14-28)30-17-22-33(23-18-30)41-34-24-19-32(20-25-34)36-11-6-12-37-38-26-21-31-9-4-5-10-35(31)40(38)42-39(36)37/h1-26,41H. The minimum atomic E-state index is 0.928. The monoisotopic (exact) mass is 537 g/mol. The molecule has 1 N–H and O–H groups in total. The average Bonchev–Trinajstić information content (AvgIpc) is 3.46. The lowest BCUT2D eigenvalue weighted by atomic mass is 10.00. The number of anilines is 2. The molecule has 8 rings (SSSR count). The van der Waals surface area contributed by atoms with Crippen LogP contribution in [0.25, 0.3) is 66.1 Å². The predicted molar refractivity (Wildman–Crippen MR) is 177 cm³/mol. The molecule has 0 aliphatic rings. The van der Waals surface area contributed by atoms with E-state index in [1.807, 2.05) is 6.07 Å². The van der Waals surface area contributed by atoms with Gasteiger partial charge in [-0.1, -0.05) is 127 Å². The molecule has 8 aromatic rings. The third kappa shape index (κ3) is 4.31. The maximum absolute atomic E-state index is 6.54. The fourth-order valence-corrected chi connectivity index (χ4v) is 5.89. The second kappa shape index (κ2) is 10.1. The minimum Gasteiger partial charge on any atom is -0.455 e. The molecule has 7 aromatic carbocycles. The van der Waals surface area contributed by atoms with Crippen LogP contribution < -0.4 is 5.32 Å².